The van der Waals surface area contributed by atoms with Crippen molar-refractivity contribution in [3.05, 3.63) is 36.1 Å². The number of fused-ring (bicyclic) bond motifs is 1. The molecule has 6 heteroatoms. The molecule has 2 amide bonds. The molecule has 0 fully saturated rings. The van der Waals surface area contributed by atoms with Crippen LogP contribution in [0.5, 0.6) is 0 Å². The van der Waals surface area contributed by atoms with E-state index in [4.69, 9.17) is 4.42 Å². The first-order chi connectivity index (χ1) is 15.0. The molecule has 2 unspecified atom stereocenters. The Kier molecular flexibility index (Phi) is 11.1. The maximum absolute atomic E-state index is 12.5. The number of nitrogens with one attached hydrogen (secondary N) is 2. The molecule has 1 aromatic carbocycles. The van der Waals surface area contributed by atoms with Crippen LogP contribution >= 0.6 is 0 Å². The van der Waals surface area contributed by atoms with Crippen molar-refractivity contribution in [1.29, 1.82) is 0 Å². The highest BCUT2D eigenvalue weighted by Gasteiger charge is 2.27. The van der Waals surface area contributed by atoms with Gasteiger partial charge in [0, 0.05) is 11.9 Å². The zero-order chi connectivity index (χ0) is 22.5. The van der Waals surface area contributed by atoms with E-state index >= 15 is 0 Å². The van der Waals surface area contributed by atoms with Gasteiger partial charge in [0.15, 0.2) is 5.76 Å². The van der Waals surface area contributed by atoms with E-state index in [0.717, 1.165) is 18.2 Å². The molecule has 0 aliphatic heterocycles. The van der Waals surface area contributed by atoms with Crippen molar-refractivity contribution in [2.24, 2.45) is 0 Å². The van der Waals surface area contributed by atoms with E-state index in [9.17, 15) is 14.7 Å². The number of carbonyl (C=O) groups excluding carboxylic acids is 2. The summed E-state index contributed by atoms with van der Waals surface area (Å²) >= 11 is 0. The molecule has 1 aromatic heterocycles. The number of rotatable bonds is 15. The Morgan fingerprint density at radius 3 is 2.19 bits per heavy atom. The lowest BCUT2D eigenvalue weighted by Crippen LogP contribution is -2.52. The van der Waals surface area contributed by atoms with E-state index in [0.29, 0.717) is 12.1 Å². The molecule has 172 valence electrons. The van der Waals surface area contributed by atoms with Crippen molar-refractivity contribution in [3.8, 4) is 0 Å². The van der Waals surface area contributed by atoms with Crippen molar-refractivity contribution < 1.29 is 19.1 Å². The Labute approximate surface area is 185 Å². The van der Waals surface area contributed by atoms with Crippen LogP contribution in [0.3, 0.4) is 0 Å². The average molecular weight is 431 g/mol. The van der Waals surface area contributed by atoms with E-state index in [2.05, 4.69) is 17.6 Å². The monoisotopic (exact) mass is 430 g/mol. The molecule has 0 saturated heterocycles. The molecule has 3 N–H and O–H groups in total. The minimum Gasteiger partial charge on any atom is -0.451 e. The Hall–Kier alpha value is -2.34. The van der Waals surface area contributed by atoms with Gasteiger partial charge in [0.1, 0.15) is 11.6 Å². The third kappa shape index (κ3) is 8.74. The zero-order valence-corrected chi connectivity index (χ0v) is 19.0. The fourth-order valence-electron chi connectivity index (χ4n) is 3.65. The van der Waals surface area contributed by atoms with E-state index in [-0.39, 0.29) is 11.7 Å². The van der Waals surface area contributed by atoms with Crippen LogP contribution in [0.2, 0.25) is 0 Å². The number of para-hydroxylation sites is 1. The summed E-state index contributed by atoms with van der Waals surface area (Å²) in [5.41, 5.74) is 0.603. The van der Waals surface area contributed by atoms with Gasteiger partial charge in [0.2, 0.25) is 5.91 Å². The Balaban J connectivity index is 1.66. The number of unbranched alkanes of at least 4 members (excludes halogenated alkanes) is 9. The molecule has 1 heterocycles. The minimum absolute atomic E-state index is 0.120. The van der Waals surface area contributed by atoms with E-state index in [1.807, 2.05) is 18.2 Å². The quantitative estimate of drug-likeness (QED) is 0.349. The topological polar surface area (TPSA) is 91.6 Å². The summed E-state index contributed by atoms with van der Waals surface area (Å²) < 4.78 is 5.54. The lowest BCUT2D eigenvalue weighted by molar-refractivity contribution is -0.125. The fourth-order valence-corrected chi connectivity index (χ4v) is 3.65. The maximum Gasteiger partial charge on any atom is 0.287 e. The molecule has 0 aliphatic rings. The van der Waals surface area contributed by atoms with Gasteiger partial charge < -0.3 is 20.2 Å². The summed E-state index contributed by atoms with van der Waals surface area (Å²) in [5, 5.41) is 16.2. The van der Waals surface area contributed by atoms with Crippen molar-refractivity contribution in [1.82, 2.24) is 10.6 Å². The molecule has 2 atom stereocenters. The van der Waals surface area contributed by atoms with Crippen molar-refractivity contribution in [2.45, 2.75) is 90.2 Å². The molecule has 0 aliphatic carbocycles. The maximum atomic E-state index is 12.5. The third-order valence-corrected chi connectivity index (χ3v) is 5.53. The first kappa shape index (κ1) is 24.9. The van der Waals surface area contributed by atoms with Gasteiger partial charge in [-0.25, -0.2) is 0 Å². The second-order valence-corrected chi connectivity index (χ2v) is 8.31. The fraction of sp³-hybridized carbons (Fsp3) is 0.600. The number of aliphatic hydroxyl groups is 1. The summed E-state index contributed by atoms with van der Waals surface area (Å²) in [4.78, 5) is 25.0. The van der Waals surface area contributed by atoms with Gasteiger partial charge in [0.05, 0.1) is 6.10 Å². The molecule has 2 aromatic rings. The second-order valence-electron chi connectivity index (χ2n) is 8.31. The van der Waals surface area contributed by atoms with Crippen molar-refractivity contribution in [3.63, 3.8) is 0 Å². The number of hydrogen-bond donors (Lipinski definition) is 3. The van der Waals surface area contributed by atoms with Gasteiger partial charge in [-0.15, -0.1) is 0 Å². The van der Waals surface area contributed by atoms with Gasteiger partial charge in [-0.1, -0.05) is 82.9 Å². The molecule has 0 radical (unpaired) electrons. The number of benzene rings is 1. The Morgan fingerprint density at radius 1 is 0.968 bits per heavy atom. The van der Waals surface area contributed by atoms with E-state index in [1.165, 1.54) is 58.3 Å². The number of amides is 2. The van der Waals surface area contributed by atoms with Gasteiger partial charge in [-0.3, -0.25) is 9.59 Å². The minimum atomic E-state index is -1.02. The van der Waals surface area contributed by atoms with Gasteiger partial charge in [-0.2, -0.15) is 0 Å². The predicted octanol–water partition coefficient (Wildman–Crippen LogP) is 4.95. The highest BCUT2D eigenvalue weighted by molar-refractivity contribution is 5.98. The highest BCUT2D eigenvalue weighted by Crippen LogP contribution is 2.18. The molecule has 31 heavy (non-hydrogen) atoms. The third-order valence-electron chi connectivity index (χ3n) is 5.53. The van der Waals surface area contributed by atoms with E-state index in [1.54, 1.807) is 12.1 Å². The van der Waals surface area contributed by atoms with Crippen LogP contribution in [-0.4, -0.2) is 35.6 Å². The standard InChI is InChI=1S/C25H38N2O4/c1-3-4-5-6-7-8-9-10-11-14-17-26-25(30)23(19(2)28)27-24(29)22-18-20-15-12-13-16-21(20)31-22/h12-13,15-16,18-19,23,28H,3-11,14,17H2,1-2H3,(H,26,30)(H,27,29). The second kappa shape index (κ2) is 13.9. The molecule has 6 nitrogen and oxygen atoms in total. The Morgan fingerprint density at radius 2 is 1.58 bits per heavy atom. The van der Waals surface area contributed by atoms with Gasteiger partial charge in [-0.05, 0) is 25.5 Å². The first-order valence-electron chi connectivity index (χ1n) is 11.8. The molecular weight excluding hydrogens is 392 g/mol. The summed E-state index contributed by atoms with van der Waals surface area (Å²) in [5.74, 6) is -0.777. The van der Waals surface area contributed by atoms with Crippen LogP contribution in [0, 0.1) is 0 Å². The first-order valence-corrected chi connectivity index (χ1v) is 11.8. The van der Waals surface area contributed by atoms with Crippen LogP contribution in [0.1, 0.15) is 88.6 Å². The predicted molar refractivity (Wildman–Crippen MR) is 124 cm³/mol. The normalized spacial score (nSPS) is 13.1. The molecule has 2 rings (SSSR count). The average Bonchev–Trinajstić information content (AvgIpc) is 3.19. The van der Waals surface area contributed by atoms with Gasteiger partial charge >= 0.3 is 0 Å². The van der Waals surface area contributed by atoms with Crippen LogP contribution in [-0.2, 0) is 4.79 Å². The summed E-state index contributed by atoms with van der Waals surface area (Å²) in [6.45, 7) is 4.26. The summed E-state index contributed by atoms with van der Waals surface area (Å²) in [6, 6.07) is 7.92. The molecule has 0 saturated carbocycles. The molecule has 0 bridgehead atoms. The SMILES string of the molecule is CCCCCCCCCCCCNC(=O)C(NC(=O)c1cc2ccccc2o1)C(C)O. The zero-order valence-electron chi connectivity index (χ0n) is 19.0. The molecule has 0 spiro atoms. The smallest absolute Gasteiger partial charge is 0.287 e. The summed E-state index contributed by atoms with van der Waals surface area (Å²) in [6.07, 6.45) is 11.3. The number of aliphatic hydroxyl groups excluding tert-OH is 1. The summed E-state index contributed by atoms with van der Waals surface area (Å²) in [7, 11) is 0. The van der Waals surface area contributed by atoms with Crippen LogP contribution in [0.15, 0.2) is 34.7 Å². The van der Waals surface area contributed by atoms with Crippen LogP contribution in [0.25, 0.3) is 11.0 Å². The molecular formula is C25H38N2O4. The number of carbonyl (C=O) groups is 2. The lowest BCUT2D eigenvalue weighted by Gasteiger charge is -2.20. The highest BCUT2D eigenvalue weighted by atomic mass is 16.3. The Bertz CT molecular complexity index is 767. The van der Waals surface area contributed by atoms with E-state index < -0.39 is 18.1 Å². The van der Waals surface area contributed by atoms with Crippen molar-refractivity contribution in [2.75, 3.05) is 6.54 Å². The van der Waals surface area contributed by atoms with Gasteiger partial charge in [0.25, 0.3) is 5.91 Å². The van der Waals surface area contributed by atoms with Crippen molar-refractivity contribution >= 4 is 22.8 Å². The largest absolute Gasteiger partial charge is 0.451 e. The van der Waals surface area contributed by atoms with Crippen LogP contribution in [0.4, 0.5) is 0 Å². The van der Waals surface area contributed by atoms with Crippen LogP contribution < -0.4 is 10.6 Å². The number of hydrogen-bond acceptors (Lipinski definition) is 4. The lowest BCUT2D eigenvalue weighted by atomic mass is 10.1. The number of furan rings is 1.